The third-order valence-corrected chi connectivity index (χ3v) is 4.06. The fraction of sp³-hybridized carbons (Fsp3) is 0.438. The third kappa shape index (κ3) is 2.33. The van der Waals surface area contributed by atoms with Crippen molar-refractivity contribution in [2.45, 2.75) is 44.6 Å². The molecule has 1 saturated carbocycles. The molecular weight excluding hydrogens is 268 g/mol. The lowest BCUT2D eigenvalue weighted by atomic mass is 10.1. The van der Waals surface area contributed by atoms with Gasteiger partial charge in [0.25, 0.3) is 5.89 Å². The molecule has 108 valence electrons. The van der Waals surface area contributed by atoms with Crippen LogP contribution in [0.15, 0.2) is 22.7 Å². The average molecular weight is 284 g/mol. The molecule has 1 atom stereocenters. The summed E-state index contributed by atoms with van der Waals surface area (Å²) in [6.45, 7) is 1.89. The number of ketones is 1. The van der Waals surface area contributed by atoms with Crippen LogP contribution in [0.4, 0.5) is 0 Å². The molecule has 0 bridgehead atoms. The maximum atomic E-state index is 11.6. The Hall–Kier alpha value is -2.17. The van der Waals surface area contributed by atoms with Gasteiger partial charge in [0.1, 0.15) is 5.75 Å². The number of carbonyl (C=O) groups excluding carboxylic acids is 1. The van der Waals surface area contributed by atoms with Crippen LogP contribution in [0.25, 0.3) is 0 Å². The van der Waals surface area contributed by atoms with Gasteiger partial charge in [-0.3, -0.25) is 4.79 Å². The van der Waals surface area contributed by atoms with E-state index in [1.807, 2.05) is 25.1 Å². The summed E-state index contributed by atoms with van der Waals surface area (Å²) in [7, 11) is 0. The first-order valence-corrected chi connectivity index (χ1v) is 7.37. The van der Waals surface area contributed by atoms with E-state index in [4.69, 9.17) is 9.26 Å². The number of ether oxygens (including phenoxy) is 1. The Kier molecular flexibility index (Phi) is 2.80. The maximum Gasteiger partial charge on any atom is 0.267 e. The highest BCUT2D eigenvalue weighted by Crippen LogP contribution is 2.38. The van der Waals surface area contributed by atoms with E-state index in [1.54, 1.807) is 0 Å². The fourth-order valence-corrected chi connectivity index (χ4v) is 2.68. The van der Waals surface area contributed by atoms with Gasteiger partial charge in [-0.2, -0.15) is 4.98 Å². The summed E-state index contributed by atoms with van der Waals surface area (Å²) >= 11 is 0. The van der Waals surface area contributed by atoms with Crippen LogP contribution in [0.3, 0.4) is 0 Å². The molecular formula is C16H16N2O3. The number of Topliss-reactive ketones (excluding diaryl/α,β-unsaturated/α-hetero) is 1. The summed E-state index contributed by atoms with van der Waals surface area (Å²) in [5.74, 6) is 2.73. The molecule has 1 aromatic heterocycles. The van der Waals surface area contributed by atoms with Crippen LogP contribution >= 0.6 is 0 Å². The monoisotopic (exact) mass is 284 g/mol. The van der Waals surface area contributed by atoms with Crippen molar-refractivity contribution in [3.63, 3.8) is 0 Å². The molecule has 0 saturated heterocycles. The molecule has 0 aliphatic heterocycles. The lowest BCUT2D eigenvalue weighted by Crippen LogP contribution is -2.04. The van der Waals surface area contributed by atoms with Crippen LogP contribution in [-0.2, 0) is 6.42 Å². The van der Waals surface area contributed by atoms with E-state index >= 15 is 0 Å². The van der Waals surface area contributed by atoms with E-state index in [0.717, 1.165) is 42.0 Å². The van der Waals surface area contributed by atoms with Crippen molar-refractivity contribution in [2.75, 3.05) is 0 Å². The minimum atomic E-state index is -0.292. The predicted molar refractivity (Wildman–Crippen MR) is 74.4 cm³/mol. The molecule has 2 aliphatic carbocycles. The van der Waals surface area contributed by atoms with E-state index in [1.165, 1.54) is 0 Å². The van der Waals surface area contributed by atoms with E-state index in [9.17, 15) is 4.79 Å². The number of aromatic nitrogens is 2. The highest BCUT2D eigenvalue weighted by atomic mass is 16.5. The van der Waals surface area contributed by atoms with Crippen molar-refractivity contribution in [1.29, 1.82) is 0 Å². The Balaban J connectivity index is 1.50. The summed E-state index contributed by atoms with van der Waals surface area (Å²) in [5, 5.41) is 4.00. The van der Waals surface area contributed by atoms with Crippen LogP contribution in [-0.4, -0.2) is 15.9 Å². The number of aryl methyl sites for hydroxylation is 1. The molecule has 1 heterocycles. The van der Waals surface area contributed by atoms with Gasteiger partial charge in [0.2, 0.25) is 0 Å². The van der Waals surface area contributed by atoms with E-state index in [-0.39, 0.29) is 11.9 Å². The molecule has 0 spiro atoms. The second-order valence-corrected chi connectivity index (χ2v) is 5.77. The molecule has 2 aliphatic rings. The first kappa shape index (κ1) is 12.6. The number of benzene rings is 1. The van der Waals surface area contributed by atoms with Crippen molar-refractivity contribution in [3.05, 3.63) is 41.0 Å². The quantitative estimate of drug-likeness (QED) is 0.862. The number of fused-ring (bicyclic) bond motifs is 1. The van der Waals surface area contributed by atoms with Gasteiger partial charge in [0.05, 0.1) is 0 Å². The lowest BCUT2D eigenvalue weighted by molar-refractivity contribution is 0.0994. The second kappa shape index (κ2) is 4.69. The number of hydrogen-bond acceptors (Lipinski definition) is 5. The van der Waals surface area contributed by atoms with E-state index in [0.29, 0.717) is 18.2 Å². The smallest absolute Gasteiger partial charge is 0.267 e. The third-order valence-electron chi connectivity index (χ3n) is 4.06. The SMILES string of the molecule is CC(Oc1ccc2c(c1)CCC2=O)c1nc(C2CC2)no1. The summed E-state index contributed by atoms with van der Waals surface area (Å²) in [4.78, 5) is 16.0. The highest BCUT2D eigenvalue weighted by Gasteiger charge is 2.30. The summed E-state index contributed by atoms with van der Waals surface area (Å²) in [6.07, 6.45) is 3.40. The van der Waals surface area contributed by atoms with Gasteiger partial charge >= 0.3 is 0 Å². The minimum absolute atomic E-state index is 0.218. The Labute approximate surface area is 122 Å². The molecule has 0 N–H and O–H groups in total. The van der Waals surface area contributed by atoms with E-state index in [2.05, 4.69) is 10.1 Å². The molecule has 5 nitrogen and oxygen atoms in total. The van der Waals surface area contributed by atoms with Crippen molar-refractivity contribution in [3.8, 4) is 5.75 Å². The zero-order chi connectivity index (χ0) is 14.4. The first-order chi connectivity index (χ1) is 10.2. The van der Waals surface area contributed by atoms with Gasteiger partial charge in [-0.05, 0) is 49.9 Å². The van der Waals surface area contributed by atoms with Crippen LogP contribution in [0.2, 0.25) is 0 Å². The van der Waals surface area contributed by atoms with Crippen molar-refractivity contribution < 1.29 is 14.1 Å². The molecule has 1 aromatic carbocycles. The summed E-state index contributed by atoms with van der Waals surface area (Å²) in [5.41, 5.74) is 1.89. The molecule has 0 radical (unpaired) electrons. The van der Waals surface area contributed by atoms with Crippen molar-refractivity contribution in [2.24, 2.45) is 0 Å². The number of carbonyl (C=O) groups is 1. The molecule has 0 amide bonds. The van der Waals surface area contributed by atoms with E-state index < -0.39 is 0 Å². The molecule has 4 rings (SSSR count). The standard InChI is InChI=1S/C16H16N2O3/c1-9(16-17-15(18-21-16)10-2-3-10)20-12-5-6-13-11(8-12)4-7-14(13)19/h5-6,8-10H,2-4,7H2,1H3. The summed E-state index contributed by atoms with van der Waals surface area (Å²) in [6, 6.07) is 5.61. The zero-order valence-electron chi connectivity index (χ0n) is 11.8. The molecule has 5 heteroatoms. The van der Waals surface area contributed by atoms with Gasteiger partial charge in [-0.15, -0.1) is 0 Å². The second-order valence-electron chi connectivity index (χ2n) is 5.77. The Bertz CT molecular complexity index is 703. The maximum absolute atomic E-state index is 11.6. The van der Waals surface area contributed by atoms with Crippen molar-refractivity contribution >= 4 is 5.78 Å². The number of hydrogen-bond donors (Lipinski definition) is 0. The molecule has 21 heavy (non-hydrogen) atoms. The molecule has 2 aromatic rings. The van der Waals surface area contributed by atoms with Crippen molar-refractivity contribution in [1.82, 2.24) is 10.1 Å². The Morgan fingerprint density at radius 2 is 2.19 bits per heavy atom. The molecule has 1 fully saturated rings. The zero-order valence-corrected chi connectivity index (χ0v) is 11.8. The largest absolute Gasteiger partial charge is 0.481 e. The van der Waals surface area contributed by atoms with Gasteiger partial charge in [0.15, 0.2) is 17.7 Å². The van der Waals surface area contributed by atoms with Crippen LogP contribution in [0.1, 0.15) is 65.8 Å². The lowest BCUT2D eigenvalue weighted by Gasteiger charge is -2.11. The minimum Gasteiger partial charge on any atom is -0.481 e. The van der Waals surface area contributed by atoms with Crippen LogP contribution < -0.4 is 4.74 Å². The fourth-order valence-electron chi connectivity index (χ4n) is 2.68. The van der Waals surface area contributed by atoms with Crippen LogP contribution in [0, 0.1) is 0 Å². The average Bonchev–Trinajstić information content (AvgIpc) is 3.10. The van der Waals surface area contributed by atoms with Crippen LogP contribution in [0.5, 0.6) is 5.75 Å². The van der Waals surface area contributed by atoms with Gasteiger partial charge in [0, 0.05) is 17.9 Å². The number of nitrogens with zero attached hydrogens (tertiary/aromatic N) is 2. The predicted octanol–water partition coefficient (Wildman–Crippen LogP) is 3.22. The Morgan fingerprint density at radius 3 is 3.00 bits per heavy atom. The normalized spacial score (nSPS) is 18.6. The van der Waals surface area contributed by atoms with Gasteiger partial charge in [-0.1, -0.05) is 5.16 Å². The topological polar surface area (TPSA) is 65.2 Å². The Morgan fingerprint density at radius 1 is 1.33 bits per heavy atom. The first-order valence-electron chi connectivity index (χ1n) is 7.37. The number of rotatable bonds is 4. The van der Waals surface area contributed by atoms with Gasteiger partial charge < -0.3 is 9.26 Å². The molecule has 1 unspecified atom stereocenters. The van der Waals surface area contributed by atoms with Gasteiger partial charge in [-0.25, -0.2) is 0 Å². The highest BCUT2D eigenvalue weighted by molar-refractivity contribution is 6.00. The summed E-state index contributed by atoms with van der Waals surface area (Å²) < 4.78 is 11.1.